The van der Waals surface area contributed by atoms with Crippen LogP contribution in [0.25, 0.3) is 5.69 Å². The highest BCUT2D eigenvalue weighted by Crippen LogP contribution is 2.21. The zero-order valence-corrected chi connectivity index (χ0v) is 18.6. The first-order chi connectivity index (χ1) is 15.7. The second-order valence-electron chi connectivity index (χ2n) is 7.77. The van der Waals surface area contributed by atoms with E-state index in [9.17, 15) is 4.79 Å². The van der Waals surface area contributed by atoms with Gasteiger partial charge in [-0.3, -0.25) is 4.57 Å². The lowest BCUT2D eigenvalue weighted by Crippen LogP contribution is -2.30. The van der Waals surface area contributed by atoms with E-state index >= 15 is 0 Å². The molecule has 0 aliphatic carbocycles. The van der Waals surface area contributed by atoms with Crippen LogP contribution in [0.2, 0.25) is 0 Å². The van der Waals surface area contributed by atoms with Crippen LogP contribution >= 0.6 is 0 Å². The summed E-state index contributed by atoms with van der Waals surface area (Å²) in [5.41, 5.74) is 5.12. The Labute approximate surface area is 189 Å². The average molecular weight is 425 g/mol. The maximum absolute atomic E-state index is 13.2. The largest absolute Gasteiger partial charge is 0.356 e. The molecule has 1 aromatic heterocycles. The smallest absolute Gasteiger partial charge is 0.332 e. The van der Waals surface area contributed by atoms with Gasteiger partial charge in [-0.15, -0.1) is 0 Å². The highest BCUT2D eigenvalue weighted by molar-refractivity contribution is 5.48. The molecule has 3 aromatic carbocycles. The molecule has 162 valence electrons. The quantitative estimate of drug-likeness (QED) is 0.401. The van der Waals surface area contributed by atoms with E-state index in [0.29, 0.717) is 19.0 Å². The summed E-state index contributed by atoms with van der Waals surface area (Å²) in [5, 5.41) is 0. The molecule has 0 radical (unpaired) electrons. The highest BCUT2D eigenvalue weighted by Gasteiger charge is 2.16. The van der Waals surface area contributed by atoms with Crippen molar-refractivity contribution in [2.24, 2.45) is 0 Å². The molecule has 0 aliphatic heterocycles. The van der Waals surface area contributed by atoms with Gasteiger partial charge in [-0.1, -0.05) is 92.7 Å². The van der Waals surface area contributed by atoms with Crippen LogP contribution < -0.4 is 10.6 Å². The molecular formula is C27H28N4O. The topological polar surface area (TPSA) is 51.0 Å². The summed E-state index contributed by atoms with van der Waals surface area (Å²) in [4.78, 5) is 24.3. The summed E-state index contributed by atoms with van der Waals surface area (Å²) in [6, 6.07) is 26.5. The fourth-order valence-electron chi connectivity index (χ4n) is 3.96. The third kappa shape index (κ3) is 4.78. The predicted octanol–water partition coefficient (Wildman–Crippen LogP) is 4.96. The van der Waals surface area contributed by atoms with Crippen LogP contribution in [-0.2, 0) is 25.9 Å². The summed E-state index contributed by atoms with van der Waals surface area (Å²) in [5.74, 6) is 0.436. The normalized spacial score (nSPS) is 10.8. The van der Waals surface area contributed by atoms with Crippen LogP contribution in [0.3, 0.4) is 0 Å². The Balaban J connectivity index is 1.73. The third-order valence-electron chi connectivity index (χ3n) is 5.61. The van der Waals surface area contributed by atoms with E-state index in [2.05, 4.69) is 60.2 Å². The number of para-hydroxylation sites is 1. The number of nitrogens with zero attached hydrogens (tertiary/aromatic N) is 4. The van der Waals surface area contributed by atoms with Gasteiger partial charge in [0, 0.05) is 13.1 Å². The fraction of sp³-hybridized carbons (Fsp3) is 0.222. The molecule has 0 atom stereocenters. The molecule has 0 fully saturated rings. The maximum Gasteiger partial charge on any atom is 0.356 e. The molecule has 4 aromatic rings. The molecule has 0 amide bonds. The molecule has 4 rings (SSSR count). The minimum Gasteiger partial charge on any atom is -0.332 e. The van der Waals surface area contributed by atoms with Gasteiger partial charge in [0.2, 0.25) is 5.95 Å². The van der Waals surface area contributed by atoms with Crippen molar-refractivity contribution in [2.45, 2.75) is 39.8 Å². The standard InChI is InChI=1S/C27H28N4O/c1-3-23-16-11-17-24(4-2)25(23)31-20-28-26(29-27(31)32)30(18-21-12-7-5-8-13-21)19-22-14-9-6-10-15-22/h5-17,20H,3-4,18-19H2,1-2H3. The van der Waals surface area contributed by atoms with Gasteiger partial charge < -0.3 is 4.90 Å². The number of benzene rings is 3. The number of aromatic nitrogens is 3. The number of hydrogen-bond acceptors (Lipinski definition) is 4. The molecular weight excluding hydrogens is 396 g/mol. The Kier molecular flexibility index (Phi) is 6.75. The van der Waals surface area contributed by atoms with Gasteiger partial charge in [-0.25, -0.2) is 9.78 Å². The number of hydrogen-bond donors (Lipinski definition) is 0. The van der Waals surface area contributed by atoms with Crippen molar-refractivity contribution in [1.82, 2.24) is 14.5 Å². The van der Waals surface area contributed by atoms with Crippen LogP contribution in [0.1, 0.15) is 36.1 Å². The number of aryl methyl sites for hydroxylation is 2. The van der Waals surface area contributed by atoms with Crippen molar-refractivity contribution in [3.05, 3.63) is 118 Å². The van der Waals surface area contributed by atoms with Gasteiger partial charge in [0.25, 0.3) is 0 Å². The summed E-state index contributed by atoms with van der Waals surface area (Å²) >= 11 is 0. The van der Waals surface area contributed by atoms with Crippen molar-refractivity contribution in [3.8, 4) is 5.69 Å². The zero-order chi connectivity index (χ0) is 22.3. The lowest BCUT2D eigenvalue weighted by Gasteiger charge is -2.23. The SMILES string of the molecule is CCc1cccc(CC)c1-n1cnc(N(Cc2ccccc2)Cc2ccccc2)nc1=O. The van der Waals surface area contributed by atoms with E-state index in [0.717, 1.165) is 40.8 Å². The van der Waals surface area contributed by atoms with Crippen molar-refractivity contribution >= 4 is 5.95 Å². The molecule has 0 aliphatic rings. The lowest BCUT2D eigenvalue weighted by atomic mass is 10.0. The maximum atomic E-state index is 13.2. The highest BCUT2D eigenvalue weighted by atomic mass is 16.1. The van der Waals surface area contributed by atoms with Crippen molar-refractivity contribution < 1.29 is 0 Å². The molecule has 0 N–H and O–H groups in total. The first kappa shape index (κ1) is 21.5. The van der Waals surface area contributed by atoms with Crippen molar-refractivity contribution in [1.29, 1.82) is 0 Å². The Hall–Kier alpha value is -3.73. The molecule has 32 heavy (non-hydrogen) atoms. The summed E-state index contributed by atoms with van der Waals surface area (Å²) in [7, 11) is 0. The van der Waals surface area contributed by atoms with E-state index in [-0.39, 0.29) is 5.69 Å². The van der Waals surface area contributed by atoms with Gasteiger partial charge in [0.15, 0.2) is 0 Å². The predicted molar refractivity (Wildman–Crippen MR) is 129 cm³/mol. The molecule has 5 heteroatoms. The van der Waals surface area contributed by atoms with Gasteiger partial charge >= 0.3 is 5.69 Å². The van der Waals surface area contributed by atoms with Crippen LogP contribution in [0, 0.1) is 0 Å². The van der Waals surface area contributed by atoms with Crippen molar-refractivity contribution in [2.75, 3.05) is 4.90 Å². The monoisotopic (exact) mass is 424 g/mol. The third-order valence-corrected chi connectivity index (χ3v) is 5.61. The Morgan fingerprint density at radius 1 is 0.750 bits per heavy atom. The van der Waals surface area contributed by atoms with Crippen molar-refractivity contribution in [3.63, 3.8) is 0 Å². The zero-order valence-electron chi connectivity index (χ0n) is 18.6. The molecule has 0 unspecified atom stereocenters. The Bertz CT molecular complexity index is 1160. The number of anilines is 1. The first-order valence-corrected chi connectivity index (χ1v) is 11.1. The molecule has 1 heterocycles. The average Bonchev–Trinajstić information content (AvgIpc) is 2.84. The van der Waals surface area contributed by atoms with Gasteiger partial charge in [0.1, 0.15) is 6.33 Å². The van der Waals surface area contributed by atoms with Gasteiger partial charge in [-0.05, 0) is 35.1 Å². The minimum atomic E-state index is -0.309. The minimum absolute atomic E-state index is 0.309. The fourth-order valence-corrected chi connectivity index (χ4v) is 3.96. The van der Waals surface area contributed by atoms with E-state index in [1.54, 1.807) is 10.9 Å². The molecule has 0 spiro atoms. The molecule has 0 saturated carbocycles. The molecule has 5 nitrogen and oxygen atoms in total. The summed E-state index contributed by atoms with van der Waals surface area (Å²) in [6.07, 6.45) is 3.30. The van der Waals surface area contributed by atoms with E-state index in [4.69, 9.17) is 0 Å². The Morgan fingerprint density at radius 2 is 1.28 bits per heavy atom. The summed E-state index contributed by atoms with van der Waals surface area (Å²) in [6.45, 7) is 5.43. The van der Waals surface area contributed by atoms with Gasteiger partial charge in [0.05, 0.1) is 5.69 Å². The second kappa shape index (κ2) is 10.1. The van der Waals surface area contributed by atoms with E-state index < -0.39 is 0 Å². The summed E-state index contributed by atoms with van der Waals surface area (Å²) < 4.78 is 1.59. The second-order valence-corrected chi connectivity index (χ2v) is 7.77. The molecule has 0 saturated heterocycles. The first-order valence-electron chi connectivity index (χ1n) is 11.1. The molecule has 0 bridgehead atoms. The van der Waals surface area contributed by atoms with Gasteiger partial charge in [-0.2, -0.15) is 4.98 Å². The van der Waals surface area contributed by atoms with Crippen LogP contribution in [0.5, 0.6) is 0 Å². The lowest BCUT2D eigenvalue weighted by molar-refractivity contribution is 0.732. The van der Waals surface area contributed by atoms with Crippen LogP contribution in [0.4, 0.5) is 5.95 Å². The number of rotatable bonds is 8. The van der Waals surface area contributed by atoms with E-state index in [1.807, 2.05) is 47.4 Å². The van der Waals surface area contributed by atoms with Crippen LogP contribution in [0.15, 0.2) is 90.0 Å². The van der Waals surface area contributed by atoms with E-state index in [1.165, 1.54) is 0 Å². The van der Waals surface area contributed by atoms with Crippen LogP contribution in [-0.4, -0.2) is 14.5 Å². The Morgan fingerprint density at radius 3 is 1.75 bits per heavy atom.